The molecule has 0 unspecified atom stereocenters. The summed E-state index contributed by atoms with van der Waals surface area (Å²) in [6.07, 6.45) is 7.69. The molecule has 2 saturated carbocycles. The van der Waals surface area contributed by atoms with E-state index < -0.39 is 5.60 Å². The summed E-state index contributed by atoms with van der Waals surface area (Å²) < 4.78 is 0. The van der Waals surface area contributed by atoms with Crippen LogP contribution in [0.2, 0.25) is 0 Å². The molecule has 3 aliphatic rings. The lowest BCUT2D eigenvalue weighted by atomic mass is 9.85. The summed E-state index contributed by atoms with van der Waals surface area (Å²) in [7, 11) is 0. The van der Waals surface area contributed by atoms with Crippen LogP contribution in [0.4, 0.5) is 0 Å². The molecule has 0 spiro atoms. The average Bonchev–Trinajstić information content (AvgIpc) is 3.42. The number of allylic oxidation sites excluding steroid dienone is 1. The highest BCUT2D eigenvalue weighted by atomic mass is 16.3. The van der Waals surface area contributed by atoms with Gasteiger partial charge in [0, 0.05) is 31.6 Å². The predicted molar refractivity (Wildman–Crippen MR) is 101 cm³/mol. The third-order valence-corrected chi connectivity index (χ3v) is 6.11. The molecule has 150 valence electrons. The van der Waals surface area contributed by atoms with E-state index in [2.05, 4.69) is 10.6 Å². The second-order valence-electron chi connectivity index (χ2n) is 8.33. The Kier molecular flexibility index (Phi) is 6.19. The minimum Gasteiger partial charge on any atom is -0.388 e. The van der Waals surface area contributed by atoms with Crippen molar-refractivity contribution in [2.75, 3.05) is 26.2 Å². The van der Waals surface area contributed by atoms with Crippen LogP contribution < -0.4 is 10.6 Å². The van der Waals surface area contributed by atoms with E-state index in [4.69, 9.17) is 0 Å². The molecule has 3 rings (SSSR count). The summed E-state index contributed by atoms with van der Waals surface area (Å²) in [5.74, 6) is 0.325. The lowest BCUT2D eigenvalue weighted by Gasteiger charge is -2.38. The topological polar surface area (TPSA) is 98.7 Å². The normalized spacial score (nSPS) is 22.7. The molecule has 7 heteroatoms. The van der Waals surface area contributed by atoms with Gasteiger partial charge in [-0.1, -0.05) is 12.0 Å². The molecular weight excluding hydrogens is 346 g/mol. The van der Waals surface area contributed by atoms with Gasteiger partial charge in [0.1, 0.15) is 0 Å². The van der Waals surface area contributed by atoms with Crippen LogP contribution in [0.1, 0.15) is 51.9 Å². The smallest absolute Gasteiger partial charge is 0.244 e. The Morgan fingerprint density at radius 2 is 1.74 bits per heavy atom. The molecule has 1 saturated heterocycles. The SMILES string of the molecule is CC(=CC(=O)NCC1(O)CCN(C(=O)CNC(=O)C2CCC2)CC1)C1CC1. The van der Waals surface area contributed by atoms with Gasteiger partial charge < -0.3 is 20.6 Å². The fourth-order valence-electron chi connectivity index (χ4n) is 3.60. The Labute approximate surface area is 160 Å². The number of likely N-dealkylation sites (tertiary alicyclic amines) is 1. The number of piperidine rings is 1. The minimum atomic E-state index is -0.983. The third-order valence-electron chi connectivity index (χ3n) is 6.11. The Bertz CT molecular complexity index is 615. The van der Waals surface area contributed by atoms with Gasteiger partial charge in [0.15, 0.2) is 0 Å². The van der Waals surface area contributed by atoms with Gasteiger partial charge in [0.2, 0.25) is 17.7 Å². The maximum Gasteiger partial charge on any atom is 0.244 e. The highest BCUT2D eigenvalue weighted by Gasteiger charge is 2.34. The van der Waals surface area contributed by atoms with Crippen molar-refractivity contribution in [3.05, 3.63) is 11.6 Å². The van der Waals surface area contributed by atoms with E-state index in [-0.39, 0.29) is 36.7 Å². The molecule has 0 atom stereocenters. The maximum atomic E-state index is 12.3. The highest BCUT2D eigenvalue weighted by Crippen LogP contribution is 2.35. The van der Waals surface area contributed by atoms with Crippen molar-refractivity contribution < 1.29 is 19.5 Å². The number of amides is 3. The molecule has 3 N–H and O–H groups in total. The monoisotopic (exact) mass is 377 g/mol. The van der Waals surface area contributed by atoms with E-state index in [0.717, 1.165) is 37.7 Å². The predicted octanol–water partition coefficient (Wildman–Crippen LogP) is 0.729. The number of nitrogens with one attached hydrogen (secondary N) is 2. The highest BCUT2D eigenvalue weighted by molar-refractivity contribution is 5.88. The Hall–Kier alpha value is -1.89. The summed E-state index contributed by atoms with van der Waals surface area (Å²) in [5, 5.41) is 16.2. The fourth-order valence-corrected chi connectivity index (χ4v) is 3.60. The van der Waals surface area contributed by atoms with Gasteiger partial charge in [-0.15, -0.1) is 0 Å². The molecule has 3 fully saturated rings. The van der Waals surface area contributed by atoms with Crippen LogP contribution in [0.3, 0.4) is 0 Å². The van der Waals surface area contributed by atoms with E-state index >= 15 is 0 Å². The minimum absolute atomic E-state index is 0.0235. The van der Waals surface area contributed by atoms with E-state index in [0.29, 0.717) is 31.8 Å². The molecule has 27 heavy (non-hydrogen) atoms. The summed E-state index contributed by atoms with van der Waals surface area (Å²) in [5.41, 5.74) is 0.118. The van der Waals surface area contributed by atoms with Crippen LogP contribution in [0.15, 0.2) is 11.6 Å². The van der Waals surface area contributed by atoms with Crippen molar-refractivity contribution in [2.24, 2.45) is 11.8 Å². The zero-order valence-electron chi connectivity index (χ0n) is 16.1. The van der Waals surface area contributed by atoms with Gasteiger partial charge in [0.25, 0.3) is 0 Å². The molecular formula is C20H31N3O4. The lowest BCUT2D eigenvalue weighted by Crippen LogP contribution is -2.53. The zero-order chi connectivity index (χ0) is 19.4. The summed E-state index contributed by atoms with van der Waals surface area (Å²) in [6, 6.07) is 0. The standard InChI is InChI=1S/C20H31N3O4/c1-14(15-5-6-15)11-17(24)22-13-20(27)7-9-23(10-8-20)18(25)12-21-19(26)16-3-2-4-16/h11,15-16,27H,2-10,12-13H2,1H3,(H,21,26)(H,22,24). The largest absolute Gasteiger partial charge is 0.388 e. The number of nitrogens with zero attached hydrogens (tertiary/aromatic N) is 1. The molecule has 0 aromatic heterocycles. The van der Waals surface area contributed by atoms with Crippen LogP contribution >= 0.6 is 0 Å². The Morgan fingerprint density at radius 3 is 2.30 bits per heavy atom. The number of carbonyl (C=O) groups excluding carboxylic acids is 3. The Balaban J connectivity index is 1.36. The van der Waals surface area contributed by atoms with Gasteiger partial charge in [-0.2, -0.15) is 0 Å². The maximum absolute atomic E-state index is 12.3. The van der Waals surface area contributed by atoms with Crippen LogP contribution in [0, 0.1) is 11.8 Å². The number of hydrogen-bond acceptors (Lipinski definition) is 4. The van der Waals surface area contributed by atoms with Gasteiger partial charge in [-0.25, -0.2) is 0 Å². The van der Waals surface area contributed by atoms with Crippen molar-refractivity contribution in [2.45, 2.75) is 57.5 Å². The molecule has 0 aromatic carbocycles. The second-order valence-corrected chi connectivity index (χ2v) is 8.33. The number of rotatable bonds is 7. The van der Waals surface area contributed by atoms with E-state index in [1.807, 2.05) is 6.92 Å². The number of carbonyl (C=O) groups is 3. The summed E-state index contributed by atoms with van der Waals surface area (Å²) >= 11 is 0. The molecule has 7 nitrogen and oxygen atoms in total. The molecule has 1 heterocycles. The van der Waals surface area contributed by atoms with Crippen LogP contribution in [0.5, 0.6) is 0 Å². The first-order chi connectivity index (χ1) is 12.9. The Morgan fingerprint density at radius 1 is 1.07 bits per heavy atom. The van der Waals surface area contributed by atoms with E-state index in [1.54, 1.807) is 11.0 Å². The van der Waals surface area contributed by atoms with Crippen LogP contribution in [0.25, 0.3) is 0 Å². The molecule has 2 aliphatic carbocycles. The molecule has 0 bridgehead atoms. The van der Waals surface area contributed by atoms with Crippen molar-refractivity contribution in [3.63, 3.8) is 0 Å². The zero-order valence-corrected chi connectivity index (χ0v) is 16.1. The lowest BCUT2D eigenvalue weighted by molar-refractivity contribution is -0.138. The second kappa shape index (κ2) is 8.42. The van der Waals surface area contributed by atoms with E-state index in [1.165, 1.54) is 0 Å². The van der Waals surface area contributed by atoms with Crippen LogP contribution in [-0.2, 0) is 14.4 Å². The number of hydrogen-bond donors (Lipinski definition) is 3. The first-order valence-corrected chi connectivity index (χ1v) is 10.1. The first kappa shape index (κ1) is 19.9. The quantitative estimate of drug-likeness (QED) is 0.570. The third kappa shape index (κ3) is 5.54. The fraction of sp³-hybridized carbons (Fsp3) is 0.750. The van der Waals surface area contributed by atoms with Gasteiger partial charge >= 0.3 is 0 Å². The summed E-state index contributed by atoms with van der Waals surface area (Å²) in [6.45, 7) is 3.05. The average molecular weight is 377 g/mol. The first-order valence-electron chi connectivity index (χ1n) is 10.1. The number of aliphatic hydroxyl groups is 1. The molecule has 0 radical (unpaired) electrons. The van der Waals surface area contributed by atoms with Gasteiger partial charge in [0.05, 0.1) is 12.1 Å². The molecule has 0 aromatic rings. The van der Waals surface area contributed by atoms with Crippen molar-refractivity contribution in [1.29, 1.82) is 0 Å². The van der Waals surface area contributed by atoms with Crippen molar-refractivity contribution >= 4 is 17.7 Å². The summed E-state index contributed by atoms with van der Waals surface area (Å²) in [4.78, 5) is 37.7. The van der Waals surface area contributed by atoms with Crippen molar-refractivity contribution in [1.82, 2.24) is 15.5 Å². The molecule has 3 amide bonds. The van der Waals surface area contributed by atoms with Gasteiger partial charge in [-0.3, -0.25) is 14.4 Å². The van der Waals surface area contributed by atoms with Crippen molar-refractivity contribution in [3.8, 4) is 0 Å². The van der Waals surface area contributed by atoms with E-state index in [9.17, 15) is 19.5 Å². The van der Waals surface area contributed by atoms with Crippen LogP contribution in [-0.4, -0.2) is 59.5 Å². The van der Waals surface area contributed by atoms with Gasteiger partial charge in [-0.05, 0) is 51.4 Å². The molecule has 1 aliphatic heterocycles.